The summed E-state index contributed by atoms with van der Waals surface area (Å²) < 4.78 is 0. The molecule has 17 heavy (non-hydrogen) atoms. The Labute approximate surface area is 101 Å². The van der Waals surface area contributed by atoms with E-state index in [1.165, 1.54) is 12.1 Å². The predicted molar refractivity (Wildman–Crippen MR) is 62.5 cm³/mol. The predicted octanol–water partition coefficient (Wildman–Crippen LogP) is -0.279. The van der Waals surface area contributed by atoms with Crippen LogP contribution in [0.25, 0.3) is 0 Å². The van der Waals surface area contributed by atoms with Crippen LogP contribution < -0.4 is 11.3 Å². The molecule has 0 fully saturated rings. The van der Waals surface area contributed by atoms with Gasteiger partial charge in [-0.3, -0.25) is 10.1 Å². The van der Waals surface area contributed by atoms with E-state index in [0.29, 0.717) is 5.03 Å². The fourth-order valence-corrected chi connectivity index (χ4v) is 1.81. The Morgan fingerprint density at radius 3 is 2.88 bits per heavy atom. The summed E-state index contributed by atoms with van der Waals surface area (Å²) >= 11 is 1.09. The lowest BCUT2D eigenvalue weighted by molar-refractivity contribution is -0.385. The first-order valence-electron chi connectivity index (χ1n) is 4.61. The van der Waals surface area contributed by atoms with Crippen LogP contribution in [0.1, 0.15) is 0 Å². The Morgan fingerprint density at radius 2 is 2.35 bits per heavy atom. The Bertz CT molecular complexity index is 403. The van der Waals surface area contributed by atoms with Crippen molar-refractivity contribution in [2.24, 2.45) is 5.84 Å². The van der Waals surface area contributed by atoms with Crippen molar-refractivity contribution in [1.29, 1.82) is 0 Å². The Hall–Kier alpha value is -1.42. The van der Waals surface area contributed by atoms with Gasteiger partial charge in [-0.1, -0.05) is 0 Å². The van der Waals surface area contributed by atoms with Crippen LogP contribution in [0.5, 0.6) is 0 Å². The third-order valence-corrected chi connectivity index (χ3v) is 2.84. The van der Waals surface area contributed by atoms with Crippen LogP contribution >= 0.6 is 11.8 Å². The fourth-order valence-electron chi connectivity index (χ4n) is 0.979. The topological polar surface area (TPSA) is 135 Å². The van der Waals surface area contributed by atoms with Crippen LogP contribution in [-0.2, 0) is 0 Å². The maximum atomic E-state index is 10.6. The second-order valence-corrected chi connectivity index (χ2v) is 4.14. The number of nitrogen functional groups attached to an aromatic ring is 1. The summed E-state index contributed by atoms with van der Waals surface area (Å²) in [4.78, 5) is 14.0. The van der Waals surface area contributed by atoms with Gasteiger partial charge in [0.25, 0.3) is 5.69 Å². The summed E-state index contributed by atoms with van der Waals surface area (Å²) in [7, 11) is 0. The minimum absolute atomic E-state index is 0.145. The van der Waals surface area contributed by atoms with Crippen molar-refractivity contribution in [3.05, 3.63) is 22.2 Å². The minimum Gasteiger partial charge on any atom is -0.394 e. The second kappa shape index (κ2) is 6.35. The third-order valence-electron chi connectivity index (χ3n) is 1.78. The molecule has 94 valence electrons. The van der Waals surface area contributed by atoms with E-state index >= 15 is 0 Å². The zero-order valence-corrected chi connectivity index (χ0v) is 9.55. The van der Waals surface area contributed by atoms with E-state index in [9.17, 15) is 10.1 Å². The van der Waals surface area contributed by atoms with Gasteiger partial charge in [-0.15, -0.1) is 11.8 Å². The van der Waals surface area contributed by atoms with Crippen molar-refractivity contribution in [2.75, 3.05) is 17.8 Å². The molecule has 8 nitrogen and oxygen atoms in total. The Kier molecular flexibility index (Phi) is 5.10. The number of nitrogens with zero attached hydrogens (tertiary/aromatic N) is 2. The van der Waals surface area contributed by atoms with Gasteiger partial charge in [-0.25, -0.2) is 10.8 Å². The van der Waals surface area contributed by atoms with Crippen LogP contribution in [0, 0.1) is 10.1 Å². The van der Waals surface area contributed by atoms with Crippen molar-refractivity contribution in [3.8, 4) is 0 Å². The molecule has 0 spiro atoms. The number of nitrogens with one attached hydrogen (secondary N) is 1. The molecule has 0 saturated heterocycles. The highest BCUT2D eigenvalue weighted by molar-refractivity contribution is 7.99. The highest BCUT2D eigenvalue weighted by Crippen LogP contribution is 2.24. The van der Waals surface area contributed by atoms with Gasteiger partial charge < -0.3 is 15.6 Å². The number of pyridine rings is 1. The van der Waals surface area contributed by atoms with E-state index in [1.54, 1.807) is 0 Å². The van der Waals surface area contributed by atoms with E-state index in [1.807, 2.05) is 0 Å². The summed E-state index contributed by atoms with van der Waals surface area (Å²) in [5, 5.41) is 28.8. The maximum absolute atomic E-state index is 10.6. The number of rotatable bonds is 6. The van der Waals surface area contributed by atoms with Crippen LogP contribution in [0.2, 0.25) is 0 Å². The number of aliphatic hydroxyl groups excluding tert-OH is 2. The smallest absolute Gasteiger partial charge is 0.275 e. The molecule has 1 heterocycles. The number of aliphatic hydroxyl groups is 2. The average Bonchev–Trinajstić information content (AvgIpc) is 2.35. The summed E-state index contributed by atoms with van der Waals surface area (Å²) in [6.07, 6.45) is -0.893. The number of hydrogen-bond acceptors (Lipinski definition) is 8. The Balaban J connectivity index is 2.83. The lowest BCUT2D eigenvalue weighted by atomic mass is 10.4. The van der Waals surface area contributed by atoms with Gasteiger partial charge >= 0.3 is 0 Å². The molecule has 1 aromatic rings. The standard InChI is InChI=1S/C8H12N4O4S/c9-11-7-1-5(12(15)16)2-8(10-7)17-4-6(14)3-13/h1-2,6,13-14H,3-4,9H2,(H,10,11). The zero-order valence-electron chi connectivity index (χ0n) is 8.74. The first-order chi connectivity index (χ1) is 8.06. The van der Waals surface area contributed by atoms with Crippen LogP contribution in [0.4, 0.5) is 11.5 Å². The van der Waals surface area contributed by atoms with E-state index in [-0.39, 0.29) is 23.9 Å². The first-order valence-corrected chi connectivity index (χ1v) is 5.60. The van der Waals surface area contributed by atoms with Gasteiger partial charge in [0.05, 0.1) is 23.7 Å². The zero-order chi connectivity index (χ0) is 12.8. The third kappa shape index (κ3) is 4.15. The number of aromatic nitrogens is 1. The number of anilines is 1. The molecule has 0 radical (unpaired) electrons. The van der Waals surface area contributed by atoms with Crippen LogP contribution in [-0.4, -0.2) is 38.6 Å². The van der Waals surface area contributed by atoms with Gasteiger partial charge in [0.1, 0.15) is 10.8 Å². The van der Waals surface area contributed by atoms with Crippen molar-refractivity contribution in [1.82, 2.24) is 4.98 Å². The molecule has 0 saturated carbocycles. The van der Waals surface area contributed by atoms with E-state index in [2.05, 4.69) is 10.4 Å². The molecule has 0 bridgehead atoms. The molecule has 0 aromatic carbocycles. The molecular weight excluding hydrogens is 248 g/mol. The average molecular weight is 260 g/mol. The van der Waals surface area contributed by atoms with Crippen molar-refractivity contribution in [2.45, 2.75) is 11.1 Å². The second-order valence-electron chi connectivity index (χ2n) is 3.10. The molecule has 0 amide bonds. The van der Waals surface area contributed by atoms with Gasteiger partial charge in [0.15, 0.2) is 0 Å². The highest BCUT2D eigenvalue weighted by Gasteiger charge is 2.12. The molecule has 0 aliphatic carbocycles. The molecule has 0 aliphatic rings. The maximum Gasteiger partial charge on any atom is 0.275 e. The first kappa shape index (κ1) is 13.6. The summed E-state index contributed by atoms with van der Waals surface area (Å²) in [5.74, 6) is 5.49. The molecule has 1 unspecified atom stereocenters. The number of hydrogen-bond donors (Lipinski definition) is 4. The number of nitrogens with two attached hydrogens (primary N) is 1. The number of hydrazine groups is 1. The monoisotopic (exact) mass is 260 g/mol. The normalized spacial score (nSPS) is 12.2. The lowest BCUT2D eigenvalue weighted by Gasteiger charge is -2.07. The molecule has 1 rings (SSSR count). The number of nitro groups is 1. The summed E-state index contributed by atoms with van der Waals surface area (Å²) in [6, 6.07) is 2.47. The SMILES string of the molecule is NNc1cc([N+](=O)[O-])cc(SCC(O)CO)n1. The van der Waals surface area contributed by atoms with Gasteiger partial charge in [0.2, 0.25) is 0 Å². The van der Waals surface area contributed by atoms with Gasteiger partial charge in [-0.2, -0.15) is 0 Å². The van der Waals surface area contributed by atoms with E-state index in [4.69, 9.17) is 16.1 Å². The number of thioether (sulfide) groups is 1. The van der Waals surface area contributed by atoms with Crippen molar-refractivity contribution >= 4 is 23.3 Å². The van der Waals surface area contributed by atoms with Crippen molar-refractivity contribution in [3.63, 3.8) is 0 Å². The molecule has 1 atom stereocenters. The fraction of sp³-hybridized carbons (Fsp3) is 0.375. The molecule has 0 aliphatic heterocycles. The van der Waals surface area contributed by atoms with E-state index < -0.39 is 11.0 Å². The highest BCUT2D eigenvalue weighted by atomic mass is 32.2. The summed E-state index contributed by atoms with van der Waals surface area (Å²) in [6.45, 7) is -0.371. The molecule has 9 heteroatoms. The quantitative estimate of drug-likeness (QED) is 0.237. The van der Waals surface area contributed by atoms with E-state index in [0.717, 1.165) is 11.8 Å². The lowest BCUT2D eigenvalue weighted by Crippen LogP contribution is -2.15. The van der Waals surface area contributed by atoms with Crippen LogP contribution in [0.15, 0.2) is 17.2 Å². The Morgan fingerprint density at radius 1 is 1.65 bits per heavy atom. The molecule has 5 N–H and O–H groups in total. The summed E-state index contributed by atoms with van der Waals surface area (Å²) in [5.41, 5.74) is 2.08. The largest absolute Gasteiger partial charge is 0.394 e. The van der Waals surface area contributed by atoms with Crippen molar-refractivity contribution < 1.29 is 15.1 Å². The van der Waals surface area contributed by atoms with Gasteiger partial charge in [-0.05, 0) is 0 Å². The minimum atomic E-state index is -0.893. The van der Waals surface area contributed by atoms with Crippen LogP contribution in [0.3, 0.4) is 0 Å². The molecular formula is C8H12N4O4S. The van der Waals surface area contributed by atoms with Gasteiger partial charge in [0, 0.05) is 11.8 Å². The molecule has 1 aromatic heterocycles.